The van der Waals surface area contributed by atoms with Gasteiger partial charge in [-0.25, -0.2) is 4.98 Å². The van der Waals surface area contributed by atoms with Gasteiger partial charge in [-0.1, -0.05) is 24.4 Å². The van der Waals surface area contributed by atoms with E-state index >= 15 is 0 Å². The maximum Gasteiger partial charge on any atom is 0.191 e. The van der Waals surface area contributed by atoms with E-state index in [1.54, 1.807) is 12.5 Å². The Morgan fingerprint density at radius 1 is 1.17 bits per heavy atom. The summed E-state index contributed by atoms with van der Waals surface area (Å²) in [6, 6.07) is 8.54. The van der Waals surface area contributed by atoms with Crippen LogP contribution in [0.1, 0.15) is 37.9 Å². The van der Waals surface area contributed by atoms with Gasteiger partial charge in [0.15, 0.2) is 5.96 Å². The molecule has 2 aliphatic rings. The number of furan rings is 1. The SMILES string of the molecule is Clc1cccnc1N1CCC(NC(=NCCc2ccco2)NC2CCCC2)C1.I. The number of pyridine rings is 1. The highest BCUT2D eigenvalue weighted by molar-refractivity contribution is 14.0. The molecule has 0 aromatic carbocycles. The maximum atomic E-state index is 6.32. The average molecular weight is 530 g/mol. The van der Waals surface area contributed by atoms with Crippen molar-refractivity contribution in [2.75, 3.05) is 24.5 Å². The minimum atomic E-state index is 0. The fourth-order valence-corrected chi connectivity index (χ4v) is 4.24. The van der Waals surface area contributed by atoms with Crippen molar-refractivity contribution in [3.8, 4) is 0 Å². The van der Waals surface area contributed by atoms with Crippen LogP contribution in [0.15, 0.2) is 46.1 Å². The Bertz CT molecular complexity index is 779. The summed E-state index contributed by atoms with van der Waals surface area (Å²) in [6.07, 6.45) is 10.4. The lowest BCUT2D eigenvalue weighted by molar-refractivity contribution is 0.510. The number of hydrogen-bond acceptors (Lipinski definition) is 4. The number of aliphatic imine (C=N–C) groups is 1. The second kappa shape index (κ2) is 11.1. The van der Waals surface area contributed by atoms with Crippen LogP contribution in [0.2, 0.25) is 5.02 Å². The van der Waals surface area contributed by atoms with E-state index < -0.39 is 0 Å². The van der Waals surface area contributed by atoms with Gasteiger partial charge in [0.05, 0.1) is 11.3 Å². The van der Waals surface area contributed by atoms with Gasteiger partial charge in [-0.15, -0.1) is 24.0 Å². The highest BCUT2D eigenvalue weighted by atomic mass is 127. The molecule has 8 heteroatoms. The fourth-order valence-electron chi connectivity index (χ4n) is 4.00. The first kappa shape index (κ1) is 22.2. The fraction of sp³-hybridized carbons (Fsp3) is 0.524. The molecule has 2 aromatic heterocycles. The van der Waals surface area contributed by atoms with Crippen LogP contribution < -0.4 is 15.5 Å². The molecule has 0 radical (unpaired) electrons. The Morgan fingerprint density at radius 3 is 2.76 bits per heavy atom. The Hall–Kier alpha value is -1.48. The van der Waals surface area contributed by atoms with Crippen molar-refractivity contribution >= 4 is 47.4 Å². The zero-order valence-corrected chi connectivity index (χ0v) is 19.6. The quantitative estimate of drug-likeness (QED) is 0.333. The third-order valence-corrected chi connectivity index (χ3v) is 5.77. The molecule has 2 aromatic rings. The molecule has 4 rings (SSSR count). The Labute approximate surface area is 194 Å². The number of rotatable bonds is 6. The van der Waals surface area contributed by atoms with Crippen LogP contribution in [-0.4, -0.2) is 42.7 Å². The maximum absolute atomic E-state index is 6.32. The van der Waals surface area contributed by atoms with Crippen LogP contribution in [0.25, 0.3) is 0 Å². The summed E-state index contributed by atoms with van der Waals surface area (Å²) in [5.74, 6) is 2.76. The van der Waals surface area contributed by atoms with Crippen molar-refractivity contribution < 1.29 is 4.42 Å². The second-order valence-electron chi connectivity index (χ2n) is 7.57. The molecule has 6 nitrogen and oxygen atoms in total. The number of nitrogens with one attached hydrogen (secondary N) is 2. The third kappa shape index (κ3) is 6.25. The molecule has 1 saturated carbocycles. The Kier molecular flexibility index (Phi) is 8.47. The van der Waals surface area contributed by atoms with E-state index in [2.05, 4.69) is 20.5 Å². The summed E-state index contributed by atoms with van der Waals surface area (Å²) in [6.45, 7) is 2.52. The lowest BCUT2D eigenvalue weighted by Gasteiger charge is -2.22. The van der Waals surface area contributed by atoms with Crippen molar-refractivity contribution in [1.82, 2.24) is 15.6 Å². The lowest BCUT2D eigenvalue weighted by Crippen LogP contribution is -2.47. The second-order valence-corrected chi connectivity index (χ2v) is 7.98. The Morgan fingerprint density at radius 2 is 2.00 bits per heavy atom. The molecule has 0 bridgehead atoms. The Balaban J connectivity index is 0.00000240. The summed E-state index contributed by atoms with van der Waals surface area (Å²) in [7, 11) is 0. The molecule has 0 amide bonds. The van der Waals surface area contributed by atoms with Crippen LogP contribution in [0.4, 0.5) is 5.82 Å². The highest BCUT2D eigenvalue weighted by Crippen LogP contribution is 2.25. The molecule has 0 spiro atoms. The van der Waals surface area contributed by atoms with E-state index in [4.69, 9.17) is 21.0 Å². The van der Waals surface area contributed by atoms with E-state index in [1.165, 1.54) is 25.7 Å². The van der Waals surface area contributed by atoms with Crippen molar-refractivity contribution in [3.05, 3.63) is 47.5 Å². The van der Waals surface area contributed by atoms with E-state index in [-0.39, 0.29) is 24.0 Å². The van der Waals surface area contributed by atoms with Crippen molar-refractivity contribution in [1.29, 1.82) is 0 Å². The molecule has 158 valence electrons. The number of hydrogen-bond donors (Lipinski definition) is 2. The normalized spacial score (nSPS) is 20.0. The van der Waals surface area contributed by atoms with Gasteiger partial charge in [0.1, 0.15) is 11.6 Å². The molecule has 1 aliphatic carbocycles. The lowest BCUT2D eigenvalue weighted by atomic mass is 10.2. The molecular weight excluding hydrogens is 501 g/mol. The predicted octanol–water partition coefficient (Wildman–Crippen LogP) is 4.25. The van der Waals surface area contributed by atoms with Crippen LogP contribution in [0.5, 0.6) is 0 Å². The van der Waals surface area contributed by atoms with Crippen LogP contribution >= 0.6 is 35.6 Å². The monoisotopic (exact) mass is 529 g/mol. The summed E-state index contributed by atoms with van der Waals surface area (Å²) >= 11 is 6.32. The summed E-state index contributed by atoms with van der Waals surface area (Å²) in [4.78, 5) is 11.5. The first-order valence-corrected chi connectivity index (χ1v) is 10.6. The van der Waals surface area contributed by atoms with Crippen LogP contribution in [-0.2, 0) is 6.42 Å². The van der Waals surface area contributed by atoms with Gasteiger partial charge in [-0.05, 0) is 43.5 Å². The van der Waals surface area contributed by atoms with Crippen molar-refractivity contribution in [2.45, 2.75) is 50.6 Å². The zero-order valence-electron chi connectivity index (χ0n) is 16.5. The van der Waals surface area contributed by atoms with Gasteiger partial charge in [0, 0.05) is 44.3 Å². The molecule has 1 atom stereocenters. The molecule has 1 aliphatic heterocycles. The van der Waals surface area contributed by atoms with Gasteiger partial charge < -0.3 is 20.0 Å². The van der Waals surface area contributed by atoms with Gasteiger partial charge >= 0.3 is 0 Å². The van der Waals surface area contributed by atoms with E-state index in [0.717, 1.165) is 43.5 Å². The zero-order chi connectivity index (χ0) is 19.2. The number of anilines is 1. The molecular formula is C21H29ClIN5O. The number of halogens is 2. The summed E-state index contributed by atoms with van der Waals surface area (Å²) in [5.41, 5.74) is 0. The van der Waals surface area contributed by atoms with E-state index in [9.17, 15) is 0 Å². The van der Waals surface area contributed by atoms with Crippen molar-refractivity contribution in [2.24, 2.45) is 4.99 Å². The van der Waals surface area contributed by atoms with Crippen LogP contribution in [0, 0.1) is 0 Å². The molecule has 2 N–H and O–H groups in total. The summed E-state index contributed by atoms with van der Waals surface area (Å²) in [5, 5.41) is 7.98. The third-order valence-electron chi connectivity index (χ3n) is 5.47. The molecule has 3 heterocycles. The smallest absolute Gasteiger partial charge is 0.191 e. The van der Waals surface area contributed by atoms with Gasteiger partial charge in [-0.2, -0.15) is 0 Å². The van der Waals surface area contributed by atoms with Crippen molar-refractivity contribution in [3.63, 3.8) is 0 Å². The average Bonchev–Trinajstić information content (AvgIpc) is 3.45. The van der Waals surface area contributed by atoms with Gasteiger partial charge in [-0.3, -0.25) is 4.99 Å². The number of aromatic nitrogens is 1. The highest BCUT2D eigenvalue weighted by Gasteiger charge is 2.26. The molecule has 29 heavy (non-hydrogen) atoms. The molecule has 1 saturated heterocycles. The van der Waals surface area contributed by atoms with E-state index in [1.807, 2.05) is 24.3 Å². The first-order chi connectivity index (χ1) is 13.8. The molecule has 1 unspecified atom stereocenters. The van der Waals surface area contributed by atoms with E-state index in [0.29, 0.717) is 23.7 Å². The minimum absolute atomic E-state index is 0. The minimum Gasteiger partial charge on any atom is -0.469 e. The van der Waals surface area contributed by atoms with Crippen LogP contribution in [0.3, 0.4) is 0 Å². The van der Waals surface area contributed by atoms with Gasteiger partial charge in [0.2, 0.25) is 0 Å². The largest absolute Gasteiger partial charge is 0.469 e. The standard InChI is InChI=1S/C21H28ClN5O.HI/c22-19-8-3-11-23-20(19)27-13-10-17(15-27)26-21(25-16-5-1-2-6-16)24-12-9-18-7-4-14-28-18;/h3-4,7-8,11,14,16-17H,1-2,5-6,9-10,12-13,15H2,(H2,24,25,26);1H. The summed E-state index contributed by atoms with van der Waals surface area (Å²) < 4.78 is 5.42. The predicted molar refractivity (Wildman–Crippen MR) is 129 cm³/mol. The molecule has 2 fully saturated rings. The topological polar surface area (TPSA) is 65.7 Å². The first-order valence-electron chi connectivity index (χ1n) is 10.2. The number of nitrogens with zero attached hydrogens (tertiary/aromatic N) is 3. The number of guanidine groups is 1. The van der Waals surface area contributed by atoms with Gasteiger partial charge in [0.25, 0.3) is 0 Å².